The summed E-state index contributed by atoms with van der Waals surface area (Å²) in [6.07, 6.45) is 0. The Kier molecular flexibility index (Phi) is 8.42. The van der Waals surface area contributed by atoms with Crippen LogP contribution in [0.5, 0.6) is 0 Å². The third-order valence-corrected chi connectivity index (χ3v) is 3.34. The van der Waals surface area contributed by atoms with E-state index in [4.69, 9.17) is 0 Å². The SMILES string of the molecule is Brc1ccccc1CN1CCNCC1.Cl.Cl. The van der Waals surface area contributed by atoms with E-state index in [1.165, 1.54) is 10.0 Å². The van der Waals surface area contributed by atoms with Gasteiger partial charge in [-0.1, -0.05) is 34.1 Å². The average molecular weight is 328 g/mol. The van der Waals surface area contributed by atoms with Crippen molar-refractivity contribution in [2.24, 2.45) is 0 Å². The first-order chi connectivity index (χ1) is 6.86. The number of nitrogens with one attached hydrogen (secondary N) is 1. The van der Waals surface area contributed by atoms with Gasteiger partial charge in [0.2, 0.25) is 0 Å². The summed E-state index contributed by atoms with van der Waals surface area (Å²) in [7, 11) is 0. The van der Waals surface area contributed by atoms with E-state index in [1.54, 1.807) is 0 Å². The summed E-state index contributed by atoms with van der Waals surface area (Å²) >= 11 is 3.58. The van der Waals surface area contributed by atoms with Crippen LogP contribution in [0.15, 0.2) is 28.7 Å². The van der Waals surface area contributed by atoms with Crippen molar-refractivity contribution < 1.29 is 0 Å². The van der Waals surface area contributed by atoms with Crippen LogP contribution in [0.4, 0.5) is 0 Å². The monoisotopic (exact) mass is 326 g/mol. The summed E-state index contributed by atoms with van der Waals surface area (Å²) in [6, 6.07) is 8.46. The van der Waals surface area contributed by atoms with Gasteiger partial charge in [0.05, 0.1) is 0 Å². The van der Waals surface area contributed by atoms with Gasteiger partial charge in [0.1, 0.15) is 0 Å². The molecular formula is C11H17BrCl2N2. The van der Waals surface area contributed by atoms with Crippen molar-refractivity contribution in [2.75, 3.05) is 26.2 Å². The Balaban J connectivity index is 0.00000112. The molecule has 1 aromatic rings. The van der Waals surface area contributed by atoms with E-state index in [0.29, 0.717) is 0 Å². The standard InChI is InChI=1S/C11H15BrN2.2ClH/c12-11-4-2-1-3-10(11)9-14-7-5-13-6-8-14;;/h1-4,13H,5-9H2;2*1H. The zero-order valence-electron chi connectivity index (χ0n) is 8.99. The van der Waals surface area contributed by atoms with Crippen molar-refractivity contribution in [2.45, 2.75) is 6.54 Å². The van der Waals surface area contributed by atoms with Gasteiger partial charge in [0.25, 0.3) is 0 Å². The Labute approximate surface area is 118 Å². The van der Waals surface area contributed by atoms with E-state index >= 15 is 0 Å². The van der Waals surface area contributed by atoms with Gasteiger partial charge in [-0.15, -0.1) is 24.8 Å². The molecule has 5 heteroatoms. The van der Waals surface area contributed by atoms with Crippen molar-refractivity contribution in [3.8, 4) is 0 Å². The Morgan fingerprint density at radius 2 is 1.75 bits per heavy atom. The van der Waals surface area contributed by atoms with E-state index in [1.807, 2.05) is 0 Å². The Morgan fingerprint density at radius 1 is 1.12 bits per heavy atom. The molecular weight excluding hydrogens is 311 g/mol. The lowest BCUT2D eigenvalue weighted by Gasteiger charge is -2.27. The molecule has 1 aliphatic heterocycles. The van der Waals surface area contributed by atoms with E-state index in [2.05, 4.69) is 50.4 Å². The largest absolute Gasteiger partial charge is 0.314 e. The van der Waals surface area contributed by atoms with Gasteiger partial charge >= 0.3 is 0 Å². The number of hydrogen-bond acceptors (Lipinski definition) is 2. The summed E-state index contributed by atoms with van der Waals surface area (Å²) in [6.45, 7) is 5.60. The molecule has 1 N–H and O–H groups in total. The van der Waals surface area contributed by atoms with Gasteiger partial charge in [-0.25, -0.2) is 0 Å². The fraction of sp³-hybridized carbons (Fsp3) is 0.455. The molecule has 0 unspecified atom stereocenters. The minimum Gasteiger partial charge on any atom is -0.314 e. The fourth-order valence-corrected chi connectivity index (χ4v) is 2.15. The summed E-state index contributed by atoms with van der Waals surface area (Å²) in [5.74, 6) is 0. The van der Waals surface area contributed by atoms with Crippen LogP contribution in [0.1, 0.15) is 5.56 Å². The first kappa shape index (κ1) is 16.2. The van der Waals surface area contributed by atoms with Gasteiger partial charge in [-0.05, 0) is 11.6 Å². The highest BCUT2D eigenvalue weighted by Gasteiger charge is 2.10. The summed E-state index contributed by atoms with van der Waals surface area (Å²) in [5, 5.41) is 3.36. The van der Waals surface area contributed by atoms with Crippen LogP contribution in [0, 0.1) is 0 Å². The second kappa shape index (κ2) is 8.31. The van der Waals surface area contributed by atoms with Crippen LogP contribution in [0.3, 0.4) is 0 Å². The molecule has 0 amide bonds. The molecule has 0 radical (unpaired) electrons. The van der Waals surface area contributed by atoms with E-state index in [0.717, 1.165) is 32.7 Å². The molecule has 1 heterocycles. The molecule has 1 fully saturated rings. The maximum Gasteiger partial charge on any atom is 0.0246 e. The molecule has 1 saturated heterocycles. The molecule has 0 saturated carbocycles. The first-order valence-corrected chi connectivity index (χ1v) is 5.82. The highest BCUT2D eigenvalue weighted by molar-refractivity contribution is 9.10. The maximum atomic E-state index is 3.58. The van der Waals surface area contributed by atoms with Gasteiger partial charge in [-0.2, -0.15) is 0 Å². The minimum atomic E-state index is 0. The van der Waals surface area contributed by atoms with Crippen molar-refractivity contribution in [3.63, 3.8) is 0 Å². The summed E-state index contributed by atoms with van der Waals surface area (Å²) in [5.41, 5.74) is 1.38. The van der Waals surface area contributed by atoms with E-state index in [9.17, 15) is 0 Å². The molecule has 0 aliphatic carbocycles. The molecule has 1 aromatic carbocycles. The first-order valence-electron chi connectivity index (χ1n) is 5.03. The molecule has 0 aromatic heterocycles. The lowest BCUT2D eigenvalue weighted by molar-refractivity contribution is 0.233. The Hall–Kier alpha value is 0.200. The summed E-state index contributed by atoms with van der Waals surface area (Å²) in [4.78, 5) is 2.48. The van der Waals surface area contributed by atoms with Crippen LogP contribution in [-0.4, -0.2) is 31.1 Å². The van der Waals surface area contributed by atoms with Crippen molar-refractivity contribution >= 4 is 40.7 Å². The maximum absolute atomic E-state index is 3.58. The third kappa shape index (κ3) is 4.60. The molecule has 2 rings (SSSR count). The molecule has 0 atom stereocenters. The number of rotatable bonds is 2. The lowest BCUT2D eigenvalue weighted by atomic mass is 10.2. The van der Waals surface area contributed by atoms with Crippen LogP contribution < -0.4 is 5.32 Å². The smallest absolute Gasteiger partial charge is 0.0246 e. The number of nitrogens with zero attached hydrogens (tertiary/aromatic N) is 1. The number of hydrogen-bond donors (Lipinski definition) is 1. The number of piperazine rings is 1. The Bertz CT molecular complexity index is 304. The third-order valence-electron chi connectivity index (χ3n) is 2.56. The molecule has 0 spiro atoms. The van der Waals surface area contributed by atoms with Crippen LogP contribution in [-0.2, 0) is 6.54 Å². The second-order valence-electron chi connectivity index (χ2n) is 3.62. The van der Waals surface area contributed by atoms with E-state index in [-0.39, 0.29) is 24.8 Å². The normalized spacial score (nSPS) is 16.1. The summed E-state index contributed by atoms with van der Waals surface area (Å²) < 4.78 is 1.22. The zero-order chi connectivity index (χ0) is 9.80. The molecule has 16 heavy (non-hydrogen) atoms. The minimum absolute atomic E-state index is 0. The van der Waals surface area contributed by atoms with Gasteiger partial charge < -0.3 is 5.32 Å². The van der Waals surface area contributed by atoms with Crippen molar-refractivity contribution in [3.05, 3.63) is 34.3 Å². The molecule has 1 aliphatic rings. The predicted octanol–water partition coefficient (Wildman–Crippen LogP) is 2.70. The van der Waals surface area contributed by atoms with Crippen molar-refractivity contribution in [1.29, 1.82) is 0 Å². The van der Waals surface area contributed by atoms with Crippen LogP contribution >= 0.6 is 40.7 Å². The number of halogens is 3. The molecule has 2 nitrogen and oxygen atoms in total. The topological polar surface area (TPSA) is 15.3 Å². The van der Waals surface area contributed by atoms with Gasteiger partial charge in [0, 0.05) is 37.2 Å². The zero-order valence-corrected chi connectivity index (χ0v) is 12.2. The van der Waals surface area contributed by atoms with Gasteiger partial charge in [0.15, 0.2) is 0 Å². The second-order valence-corrected chi connectivity index (χ2v) is 4.47. The highest BCUT2D eigenvalue weighted by atomic mass is 79.9. The van der Waals surface area contributed by atoms with Crippen molar-refractivity contribution in [1.82, 2.24) is 10.2 Å². The molecule has 92 valence electrons. The number of benzene rings is 1. The lowest BCUT2D eigenvalue weighted by Crippen LogP contribution is -2.42. The predicted molar refractivity (Wildman–Crippen MR) is 76.8 cm³/mol. The highest BCUT2D eigenvalue weighted by Crippen LogP contribution is 2.17. The Morgan fingerprint density at radius 3 is 2.38 bits per heavy atom. The quantitative estimate of drug-likeness (QED) is 0.898. The fourth-order valence-electron chi connectivity index (χ4n) is 1.74. The van der Waals surface area contributed by atoms with Gasteiger partial charge in [-0.3, -0.25) is 4.90 Å². The van der Waals surface area contributed by atoms with Crippen LogP contribution in [0.2, 0.25) is 0 Å². The molecule has 0 bridgehead atoms. The van der Waals surface area contributed by atoms with Crippen LogP contribution in [0.25, 0.3) is 0 Å². The van der Waals surface area contributed by atoms with E-state index < -0.39 is 0 Å². The average Bonchev–Trinajstić information content (AvgIpc) is 2.23.